The number of carbonyl (C=O) groups excluding carboxylic acids is 1. The molecule has 0 bridgehead atoms. The van der Waals surface area contributed by atoms with Gasteiger partial charge in [0.2, 0.25) is 5.91 Å². The SMILES string of the molecule is CC(=O)N[C@@H]1CCCc2nccnc21.N[C@H]1CCCc2nccnc21. The summed E-state index contributed by atoms with van der Waals surface area (Å²) in [6, 6.07) is 0.178. The molecule has 0 radical (unpaired) electrons. The second-order valence-corrected chi connectivity index (χ2v) is 6.42. The zero-order chi connectivity index (χ0) is 17.6. The highest BCUT2D eigenvalue weighted by atomic mass is 16.1. The van der Waals surface area contributed by atoms with Gasteiger partial charge in [0.1, 0.15) is 0 Å². The van der Waals surface area contributed by atoms with Crippen molar-refractivity contribution < 1.29 is 4.79 Å². The Bertz CT molecular complexity index is 735. The third-order valence-electron chi connectivity index (χ3n) is 4.51. The Hall–Kier alpha value is -2.41. The van der Waals surface area contributed by atoms with Crippen LogP contribution >= 0.6 is 0 Å². The molecule has 2 atom stereocenters. The van der Waals surface area contributed by atoms with Gasteiger partial charge in [0.25, 0.3) is 0 Å². The number of carbonyl (C=O) groups is 1. The standard InChI is InChI=1S/C10H13N3O.C8H11N3/c1-7(14)13-9-4-2-3-8-10(9)12-6-5-11-8;9-6-2-1-3-7-8(6)11-5-4-10-7/h5-6,9H,2-4H2,1H3,(H,13,14);4-6H,1-3,9H2/t9-;6-/m10/s1. The Labute approximate surface area is 147 Å². The second-order valence-electron chi connectivity index (χ2n) is 6.42. The van der Waals surface area contributed by atoms with Crippen LogP contribution in [-0.2, 0) is 17.6 Å². The van der Waals surface area contributed by atoms with Gasteiger partial charge in [-0.3, -0.25) is 24.7 Å². The van der Waals surface area contributed by atoms with Gasteiger partial charge in [0.05, 0.1) is 28.8 Å². The molecule has 3 N–H and O–H groups in total. The van der Waals surface area contributed by atoms with Gasteiger partial charge in [0, 0.05) is 37.8 Å². The van der Waals surface area contributed by atoms with Gasteiger partial charge in [-0.2, -0.15) is 0 Å². The monoisotopic (exact) mass is 340 g/mol. The van der Waals surface area contributed by atoms with Crippen molar-refractivity contribution in [3.05, 3.63) is 47.6 Å². The molecule has 2 aromatic heterocycles. The fourth-order valence-corrected chi connectivity index (χ4v) is 3.36. The Morgan fingerprint density at radius 3 is 2.16 bits per heavy atom. The predicted molar refractivity (Wildman–Crippen MR) is 93.4 cm³/mol. The maximum atomic E-state index is 11.0. The quantitative estimate of drug-likeness (QED) is 0.820. The van der Waals surface area contributed by atoms with Crippen molar-refractivity contribution in [3.63, 3.8) is 0 Å². The molecule has 2 aliphatic rings. The van der Waals surface area contributed by atoms with Crippen LogP contribution in [0.1, 0.15) is 67.5 Å². The van der Waals surface area contributed by atoms with Gasteiger partial charge < -0.3 is 11.1 Å². The first kappa shape index (κ1) is 17.4. The van der Waals surface area contributed by atoms with E-state index < -0.39 is 0 Å². The molecule has 2 heterocycles. The number of aryl methyl sites for hydroxylation is 2. The molecule has 0 fully saturated rings. The first-order chi connectivity index (χ1) is 12.1. The number of hydrogen-bond donors (Lipinski definition) is 2. The van der Waals surface area contributed by atoms with Crippen LogP contribution in [0.3, 0.4) is 0 Å². The molecule has 0 aromatic carbocycles. The van der Waals surface area contributed by atoms with E-state index in [2.05, 4.69) is 25.3 Å². The zero-order valence-electron chi connectivity index (χ0n) is 14.5. The minimum absolute atomic E-state index is 0.00602. The van der Waals surface area contributed by atoms with Crippen LogP contribution < -0.4 is 11.1 Å². The number of nitrogens with two attached hydrogens (primary N) is 1. The van der Waals surface area contributed by atoms with E-state index in [4.69, 9.17) is 5.73 Å². The van der Waals surface area contributed by atoms with E-state index in [0.29, 0.717) is 0 Å². The normalized spacial score (nSPS) is 21.2. The molecule has 0 saturated carbocycles. The average Bonchev–Trinajstić information content (AvgIpc) is 2.63. The summed E-state index contributed by atoms with van der Waals surface area (Å²) in [5.74, 6) is -0.00602. The largest absolute Gasteiger partial charge is 0.348 e. The topological polar surface area (TPSA) is 107 Å². The molecule has 7 heteroatoms. The van der Waals surface area contributed by atoms with E-state index in [-0.39, 0.29) is 18.0 Å². The van der Waals surface area contributed by atoms with Gasteiger partial charge in [-0.05, 0) is 38.5 Å². The van der Waals surface area contributed by atoms with E-state index in [1.165, 1.54) is 6.92 Å². The van der Waals surface area contributed by atoms with Crippen molar-refractivity contribution in [3.8, 4) is 0 Å². The molecule has 2 aliphatic carbocycles. The lowest BCUT2D eigenvalue weighted by Crippen LogP contribution is -2.30. The molecule has 132 valence electrons. The molecule has 0 unspecified atom stereocenters. The molecular weight excluding hydrogens is 316 g/mol. The van der Waals surface area contributed by atoms with Gasteiger partial charge in [0.15, 0.2) is 0 Å². The summed E-state index contributed by atoms with van der Waals surface area (Å²) in [4.78, 5) is 27.9. The van der Waals surface area contributed by atoms with Crippen molar-refractivity contribution in [2.75, 3.05) is 0 Å². The molecular formula is C18H24N6O. The van der Waals surface area contributed by atoms with Crippen LogP contribution in [0.15, 0.2) is 24.8 Å². The lowest BCUT2D eigenvalue weighted by atomic mass is 9.95. The number of nitrogens with zero attached hydrogens (tertiary/aromatic N) is 4. The number of nitrogens with one attached hydrogen (secondary N) is 1. The van der Waals surface area contributed by atoms with E-state index >= 15 is 0 Å². The second kappa shape index (κ2) is 8.11. The maximum Gasteiger partial charge on any atom is 0.217 e. The van der Waals surface area contributed by atoms with Crippen molar-refractivity contribution in [1.82, 2.24) is 25.3 Å². The van der Waals surface area contributed by atoms with Crippen molar-refractivity contribution in [1.29, 1.82) is 0 Å². The van der Waals surface area contributed by atoms with Crippen LogP contribution in [0, 0.1) is 0 Å². The molecule has 0 aliphatic heterocycles. The molecule has 2 aromatic rings. The smallest absolute Gasteiger partial charge is 0.217 e. The number of amides is 1. The zero-order valence-corrected chi connectivity index (χ0v) is 14.5. The van der Waals surface area contributed by atoms with Crippen LogP contribution in [0.4, 0.5) is 0 Å². The Balaban J connectivity index is 0.000000150. The van der Waals surface area contributed by atoms with Crippen molar-refractivity contribution in [2.24, 2.45) is 5.73 Å². The molecule has 4 rings (SSSR count). The first-order valence-corrected chi connectivity index (χ1v) is 8.77. The fourth-order valence-electron chi connectivity index (χ4n) is 3.36. The van der Waals surface area contributed by atoms with Crippen LogP contribution in [0.25, 0.3) is 0 Å². The Morgan fingerprint density at radius 2 is 1.52 bits per heavy atom. The number of aromatic nitrogens is 4. The van der Waals surface area contributed by atoms with Crippen LogP contribution in [-0.4, -0.2) is 25.8 Å². The average molecular weight is 340 g/mol. The molecule has 1 amide bonds. The predicted octanol–water partition coefficient (Wildman–Crippen LogP) is 1.80. The number of fused-ring (bicyclic) bond motifs is 2. The first-order valence-electron chi connectivity index (χ1n) is 8.77. The maximum absolute atomic E-state index is 11.0. The summed E-state index contributed by atoms with van der Waals surface area (Å²) >= 11 is 0. The third kappa shape index (κ3) is 4.36. The number of rotatable bonds is 1. The highest BCUT2D eigenvalue weighted by Gasteiger charge is 2.22. The van der Waals surface area contributed by atoms with Gasteiger partial charge in [-0.15, -0.1) is 0 Å². The highest BCUT2D eigenvalue weighted by molar-refractivity contribution is 5.73. The van der Waals surface area contributed by atoms with Gasteiger partial charge >= 0.3 is 0 Å². The van der Waals surface area contributed by atoms with E-state index in [1.807, 2.05) is 0 Å². The summed E-state index contributed by atoms with van der Waals surface area (Å²) in [5, 5.41) is 2.90. The van der Waals surface area contributed by atoms with E-state index in [9.17, 15) is 4.79 Å². The summed E-state index contributed by atoms with van der Waals surface area (Å²) in [6.45, 7) is 1.53. The van der Waals surface area contributed by atoms with Crippen molar-refractivity contribution >= 4 is 5.91 Å². The lowest BCUT2D eigenvalue weighted by molar-refractivity contribution is -0.119. The summed E-state index contributed by atoms with van der Waals surface area (Å²) < 4.78 is 0. The highest BCUT2D eigenvalue weighted by Crippen LogP contribution is 2.26. The third-order valence-corrected chi connectivity index (χ3v) is 4.51. The summed E-state index contributed by atoms with van der Waals surface area (Å²) in [7, 11) is 0. The Kier molecular flexibility index (Phi) is 5.65. The number of hydrogen-bond acceptors (Lipinski definition) is 6. The van der Waals surface area contributed by atoms with E-state index in [0.717, 1.165) is 61.3 Å². The van der Waals surface area contributed by atoms with Gasteiger partial charge in [-0.1, -0.05) is 0 Å². The molecule has 0 spiro atoms. The van der Waals surface area contributed by atoms with Crippen LogP contribution in [0.2, 0.25) is 0 Å². The molecule has 0 saturated heterocycles. The molecule has 7 nitrogen and oxygen atoms in total. The molecule has 25 heavy (non-hydrogen) atoms. The minimum atomic E-state index is -0.00602. The van der Waals surface area contributed by atoms with Crippen molar-refractivity contribution in [2.45, 2.75) is 57.5 Å². The van der Waals surface area contributed by atoms with Crippen LogP contribution in [0.5, 0.6) is 0 Å². The van der Waals surface area contributed by atoms with Gasteiger partial charge in [-0.25, -0.2) is 0 Å². The Morgan fingerprint density at radius 1 is 0.960 bits per heavy atom. The lowest BCUT2D eigenvalue weighted by Gasteiger charge is -2.23. The van der Waals surface area contributed by atoms with E-state index in [1.54, 1.807) is 24.8 Å². The summed E-state index contributed by atoms with van der Waals surface area (Å²) in [6.07, 6.45) is 13.1. The fraction of sp³-hybridized carbons (Fsp3) is 0.500. The summed E-state index contributed by atoms with van der Waals surface area (Å²) in [5.41, 5.74) is 9.90. The minimum Gasteiger partial charge on any atom is -0.348 e.